The van der Waals surface area contributed by atoms with Crippen LogP contribution in [-0.4, -0.2) is 43.4 Å². The van der Waals surface area contributed by atoms with E-state index in [0.717, 1.165) is 42.0 Å². The molecule has 0 saturated carbocycles. The molecule has 186 valence electrons. The molecule has 3 aromatic carbocycles. The van der Waals surface area contributed by atoms with Gasteiger partial charge in [-0.05, 0) is 61.5 Å². The van der Waals surface area contributed by atoms with Gasteiger partial charge in [-0.15, -0.1) is 0 Å². The number of nitrogens with one attached hydrogen (secondary N) is 2. The number of rotatable bonds is 9. The first kappa shape index (κ1) is 25.5. The van der Waals surface area contributed by atoms with Crippen LogP contribution in [0, 0.1) is 0 Å². The van der Waals surface area contributed by atoms with Crippen LogP contribution < -0.4 is 15.5 Å². The van der Waals surface area contributed by atoms with E-state index in [1.807, 2.05) is 60.7 Å². The molecule has 2 amide bonds. The second-order valence-electron chi connectivity index (χ2n) is 8.75. The predicted octanol–water partition coefficient (Wildman–Crippen LogP) is 5.97. The van der Waals surface area contributed by atoms with Gasteiger partial charge in [0.1, 0.15) is 0 Å². The molecule has 2 N–H and O–H groups in total. The third-order valence-corrected chi connectivity index (χ3v) is 6.52. The Kier molecular flexibility index (Phi) is 8.08. The van der Waals surface area contributed by atoms with Crippen LogP contribution in [0.3, 0.4) is 0 Å². The maximum Gasteiger partial charge on any atom is 0.258 e. The molecule has 6 nitrogen and oxygen atoms in total. The highest BCUT2D eigenvalue weighted by Gasteiger charge is 2.28. The molecular weight excluding hydrogens is 472 g/mol. The van der Waals surface area contributed by atoms with Gasteiger partial charge in [0.25, 0.3) is 5.91 Å². The smallest absolute Gasteiger partial charge is 0.258 e. The van der Waals surface area contributed by atoms with Gasteiger partial charge in [0.05, 0.1) is 23.5 Å². The predicted molar refractivity (Wildman–Crippen MR) is 149 cm³/mol. The van der Waals surface area contributed by atoms with E-state index < -0.39 is 0 Å². The summed E-state index contributed by atoms with van der Waals surface area (Å²) in [5, 5.41) is 6.94. The Morgan fingerprint density at radius 1 is 1.00 bits per heavy atom. The lowest BCUT2D eigenvalue weighted by atomic mass is 10.00. The van der Waals surface area contributed by atoms with E-state index in [9.17, 15) is 9.59 Å². The summed E-state index contributed by atoms with van der Waals surface area (Å²) in [7, 11) is 1.80. The van der Waals surface area contributed by atoms with Crippen LogP contribution in [0.25, 0.3) is 11.3 Å². The summed E-state index contributed by atoms with van der Waals surface area (Å²) in [4.78, 5) is 29.6. The zero-order chi connectivity index (χ0) is 25.7. The third-order valence-electron chi connectivity index (χ3n) is 6.28. The Morgan fingerprint density at radius 3 is 2.39 bits per heavy atom. The van der Waals surface area contributed by atoms with Crippen LogP contribution in [-0.2, 0) is 9.59 Å². The molecule has 0 spiro atoms. The molecule has 3 aromatic rings. The van der Waals surface area contributed by atoms with Gasteiger partial charge in [-0.25, -0.2) is 0 Å². The summed E-state index contributed by atoms with van der Waals surface area (Å²) in [5.41, 5.74) is 5.25. The fourth-order valence-corrected chi connectivity index (χ4v) is 4.47. The Labute approximate surface area is 217 Å². The monoisotopic (exact) mass is 502 g/mol. The number of fused-ring (bicyclic) bond motifs is 1. The second kappa shape index (κ2) is 11.4. The molecule has 0 radical (unpaired) electrons. The zero-order valence-electron chi connectivity index (χ0n) is 20.8. The fraction of sp³-hybridized carbons (Fsp3) is 0.241. The summed E-state index contributed by atoms with van der Waals surface area (Å²) in [6.45, 7) is 6.32. The van der Waals surface area contributed by atoms with Gasteiger partial charge < -0.3 is 15.5 Å². The van der Waals surface area contributed by atoms with Crippen molar-refractivity contribution in [2.24, 2.45) is 0 Å². The Bertz CT molecular complexity index is 1270. The van der Waals surface area contributed by atoms with Gasteiger partial charge in [0.15, 0.2) is 0 Å². The van der Waals surface area contributed by atoms with Crippen LogP contribution in [0.1, 0.15) is 31.4 Å². The SMILES string of the molecule is CCCN(CC)CC(=O)N(C)c1ccc(NC(=C2C(=O)Nc3cc(Cl)ccc32)c2ccccc2)cc1. The maximum absolute atomic E-state index is 13.0. The number of likely N-dealkylation sites (N-methyl/N-ethyl adjacent to an activating group) is 2. The number of amides is 2. The van der Waals surface area contributed by atoms with Gasteiger partial charge in [0.2, 0.25) is 5.91 Å². The van der Waals surface area contributed by atoms with E-state index in [0.29, 0.717) is 28.5 Å². The number of hydrogen-bond donors (Lipinski definition) is 2. The molecule has 0 atom stereocenters. The van der Waals surface area contributed by atoms with Crippen molar-refractivity contribution in [3.05, 3.63) is 88.9 Å². The average Bonchev–Trinajstić information content (AvgIpc) is 3.21. The molecular formula is C29H31ClN4O2. The summed E-state index contributed by atoms with van der Waals surface area (Å²) < 4.78 is 0. The number of halogens is 1. The Balaban J connectivity index is 1.62. The van der Waals surface area contributed by atoms with Crippen LogP contribution in [0.15, 0.2) is 72.8 Å². The van der Waals surface area contributed by atoms with Gasteiger partial charge in [0, 0.05) is 29.0 Å². The van der Waals surface area contributed by atoms with Crippen molar-refractivity contribution in [2.45, 2.75) is 20.3 Å². The lowest BCUT2D eigenvalue weighted by Gasteiger charge is -2.24. The van der Waals surface area contributed by atoms with Crippen LogP contribution in [0.2, 0.25) is 5.02 Å². The van der Waals surface area contributed by atoms with Crippen molar-refractivity contribution >= 4 is 51.7 Å². The average molecular weight is 503 g/mol. The van der Waals surface area contributed by atoms with Crippen LogP contribution >= 0.6 is 11.6 Å². The molecule has 0 aliphatic carbocycles. The minimum absolute atomic E-state index is 0.0518. The first-order valence-electron chi connectivity index (χ1n) is 12.2. The molecule has 7 heteroatoms. The first-order chi connectivity index (χ1) is 17.4. The third kappa shape index (κ3) is 5.61. The minimum atomic E-state index is -0.187. The summed E-state index contributed by atoms with van der Waals surface area (Å²) in [5.74, 6) is -0.135. The highest BCUT2D eigenvalue weighted by Crippen LogP contribution is 2.38. The van der Waals surface area contributed by atoms with E-state index in [1.54, 1.807) is 24.1 Å². The van der Waals surface area contributed by atoms with E-state index in [4.69, 9.17) is 11.6 Å². The van der Waals surface area contributed by atoms with Crippen molar-refractivity contribution in [1.29, 1.82) is 0 Å². The quantitative estimate of drug-likeness (QED) is 0.354. The molecule has 36 heavy (non-hydrogen) atoms. The topological polar surface area (TPSA) is 64.7 Å². The maximum atomic E-state index is 13.0. The van der Waals surface area contributed by atoms with E-state index in [1.165, 1.54) is 0 Å². The van der Waals surface area contributed by atoms with Gasteiger partial charge in [-0.3, -0.25) is 14.5 Å². The molecule has 0 aromatic heterocycles. The molecule has 1 aliphatic heterocycles. The molecule has 0 bridgehead atoms. The van der Waals surface area contributed by atoms with Crippen LogP contribution in [0.4, 0.5) is 17.1 Å². The van der Waals surface area contributed by atoms with Crippen molar-refractivity contribution in [3.63, 3.8) is 0 Å². The largest absolute Gasteiger partial charge is 0.354 e. The first-order valence-corrected chi connectivity index (χ1v) is 12.6. The molecule has 0 unspecified atom stereocenters. The van der Waals surface area contributed by atoms with E-state index in [2.05, 4.69) is 29.4 Å². The number of hydrogen-bond acceptors (Lipinski definition) is 4. The lowest BCUT2D eigenvalue weighted by Crippen LogP contribution is -2.38. The van der Waals surface area contributed by atoms with Crippen molar-refractivity contribution in [2.75, 3.05) is 42.2 Å². The molecule has 1 aliphatic rings. The molecule has 4 rings (SSSR count). The number of anilines is 3. The minimum Gasteiger partial charge on any atom is -0.354 e. The Morgan fingerprint density at radius 2 is 1.72 bits per heavy atom. The molecule has 0 fully saturated rings. The zero-order valence-corrected chi connectivity index (χ0v) is 21.6. The number of carbonyl (C=O) groups excluding carboxylic acids is 2. The Hall–Kier alpha value is -3.61. The van der Waals surface area contributed by atoms with Crippen molar-refractivity contribution < 1.29 is 9.59 Å². The second-order valence-corrected chi connectivity index (χ2v) is 9.19. The molecule has 1 heterocycles. The number of benzene rings is 3. The van der Waals surface area contributed by atoms with Crippen molar-refractivity contribution in [1.82, 2.24) is 4.90 Å². The fourth-order valence-electron chi connectivity index (χ4n) is 4.30. The van der Waals surface area contributed by atoms with Crippen LogP contribution in [0.5, 0.6) is 0 Å². The number of carbonyl (C=O) groups is 2. The summed E-state index contributed by atoms with van der Waals surface area (Å²) >= 11 is 6.15. The highest BCUT2D eigenvalue weighted by molar-refractivity contribution is 6.38. The standard InChI is InChI=1S/C29H31ClN4O2/c1-4-17-34(5-2)19-26(35)33(3)23-14-12-22(13-15-23)31-28(20-9-7-6-8-10-20)27-24-16-11-21(30)18-25(24)32-29(27)36/h6-16,18,31H,4-5,17,19H2,1-3H3,(H,32,36). The van der Waals surface area contributed by atoms with E-state index >= 15 is 0 Å². The normalized spacial score (nSPS) is 13.9. The highest BCUT2D eigenvalue weighted by atomic mass is 35.5. The summed E-state index contributed by atoms with van der Waals surface area (Å²) in [6.07, 6.45) is 1.01. The summed E-state index contributed by atoms with van der Waals surface area (Å²) in [6, 6.07) is 22.8. The van der Waals surface area contributed by atoms with E-state index in [-0.39, 0.29) is 11.8 Å². The molecule has 0 saturated heterocycles. The van der Waals surface area contributed by atoms with Gasteiger partial charge in [-0.2, -0.15) is 0 Å². The number of nitrogens with zero attached hydrogens (tertiary/aromatic N) is 2. The van der Waals surface area contributed by atoms with Gasteiger partial charge >= 0.3 is 0 Å². The lowest BCUT2D eigenvalue weighted by molar-refractivity contribution is -0.119. The van der Waals surface area contributed by atoms with Gasteiger partial charge in [-0.1, -0.05) is 61.8 Å². The van der Waals surface area contributed by atoms with Crippen molar-refractivity contribution in [3.8, 4) is 0 Å².